The third-order valence-corrected chi connectivity index (χ3v) is 9.18. The summed E-state index contributed by atoms with van der Waals surface area (Å²) in [4.78, 5) is 9.04. The average molecular weight is 544 g/mol. The number of hydrogen-bond acceptors (Lipinski definition) is 9. The molecule has 0 aliphatic carbocycles. The molecule has 1 saturated heterocycles. The fraction of sp³-hybridized carbons (Fsp3) is 0.385. The maximum atomic E-state index is 12.9. The van der Waals surface area contributed by atoms with E-state index < -0.39 is 15.1 Å². The first-order chi connectivity index (χ1) is 17.8. The Kier molecular flexibility index (Phi) is 7.15. The zero-order chi connectivity index (χ0) is 26.2. The topological polar surface area (TPSA) is 114 Å². The lowest BCUT2D eigenvalue weighted by atomic mass is 9.86. The molecule has 3 heterocycles. The van der Waals surface area contributed by atoms with Crippen molar-refractivity contribution in [1.29, 1.82) is 0 Å². The Balaban J connectivity index is 1.46. The Morgan fingerprint density at radius 3 is 2.57 bits per heavy atom. The molecule has 2 aliphatic heterocycles. The summed E-state index contributed by atoms with van der Waals surface area (Å²) in [5, 5.41) is 9.40. The first-order valence-electron chi connectivity index (χ1n) is 12.3. The number of anilines is 4. The Labute approximate surface area is 221 Å². The van der Waals surface area contributed by atoms with E-state index in [4.69, 9.17) is 21.1 Å². The molecule has 3 N–H and O–H groups in total. The summed E-state index contributed by atoms with van der Waals surface area (Å²) in [6.45, 7) is 7.49. The molecule has 0 radical (unpaired) electrons. The van der Waals surface area contributed by atoms with Gasteiger partial charge in [0.1, 0.15) is 5.02 Å². The SMILES string of the molecule is Cc1cc(Nc2ncc(Cl)c(Nc3ccccc3S(=O)(=O)C(C)C)n2)c2c(c1C1CCNCC1)OCO2. The lowest BCUT2D eigenvalue weighted by molar-refractivity contribution is 0.173. The van der Waals surface area contributed by atoms with Crippen molar-refractivity contribution in [1.82, 2.24) is 15.3 Å². The van der Waals surface area contributed by atoms with Gasteiger partial charge in [0.05, 0.1) is 27.7 Å². The predicted octanol–water partition coefficient (Wildman–Crippen LogP) is 5.30. The fourth-order valence-electron chi connectivity index (χ4n) is 4.76. The number of fused-ring (bicyclic) bond motifs is 1. The molecule has 196 valence electrons. The Morgan fingerprint density at radius 1 is 1.08 bits per heavy atom. The summed E-state index contributed by atoms with van der Waals surface area (Å²) in [6.07, 6.45) is 3.56. The molecular weight excluding hydrogens is 514 g/mol. The van der Waals surface area contributed by atoms with Crippen molar-refractivity contribution in [3.05, 3.63) is 52.7 Å². The van der Waals surface area contributed by atoms with E-state index in [0.29, 0.717) is 23.0 Å². The summed E-state index contributed by atoms with van der Waals surface area (Å²) >= 11 is 6.39. The van der Waals surface area contributed by atoms with E-state index in [-0.39, 0.29) is 28.5 Å². The van der Waals surface area contributed by atoms with Gasteiger partial charge < -0.3 is 25.4 Å². The lowest BCUT2D eigenvalue weighted by Crippen LogP contribution is -2.27. The number of sulfone groups is 1. The van der Waals surface area contributed by atoms with Crippen LogP contribution < -0.4 is 25.4 Å². The minimum atomic E-state index is -3.52. The fourth-order valence-corrected chi connectivity index (χ4v) is 6.10. The van der Waals surface area contributed by atoms with Gasteiger partial charge in [0.2, 0.25) is 12.7 Å². The predicted molar refractivity (Wildman–Crippen MR) is 145 cm³/mol. The van der Waals surface area contributed by atoms with Crippen LogP contribution in [0.25, 0.3) is 0 Å². The second-order valence-electron chi connectivity index (χ2n) is 9.47. The molecule has 2 aromatic carbocycles. The van der Waals surface area contributed by atoms with Crippen molar-refractivity contribution >= 4 is 44.6 Å². The smallest absolute Gasteiger partial charge is 0.231 e. The van der Waals surface area contributed by atoms with Crippen LogP contribution >= 0.6 is 11.6 Å². The van der Waals surface area contributed by atoms with E-state index in [0.717, 1.165) is 37.2 Å². The highest BCUT2D eigenvalue weighted by Crippen LogP contribution is 2.48. The standard InChI is InChI=1S/C26H30ClN5O4S/c1-15(2)37(33,34)21-7-5-4-6-19(21)30-25-18(27)13-29-26(32-25)31-20-12-16(3)22(17-8-10-28-11-9-17)24-23(20)35-14-36-24/h4-7,12-13,15,17,28H,8-11,14H2,1-3H3,(H2,29,30,31,32). The number of nitrogens with zero attached hydrogens (tertiary/aromatic N) is 2. The van der Waals surface area contributed by atoms with Gasteiger partial charge in [0.25, 0.3) is 0 Å². The van der Waals surface area contributed by atoms with Crippen LogP contribution in [0.3, 0.4) is 0 Å². The van der Waals surface area contributed by atoms with Crippen LogP contribution in [0.1, 0.15) is 43.7 Å². The summed E-state index contributed by atoms with van der Waals surface area (Å²) < 4.78 is 37.5. The second-order valence-corrected chi connectivity index (χ2v) is 12.4. The van der Waals surface area contributed by atoms with Gasteiger partial charge in [-0.1, -0.05) is 23.7 Å². The van der Waals surface area contributed by atoms with E-state index >= 15 is 0 Å². The minimum absolute atomic E-state index is 0.154. The number of ether oxygens (including phenoxy) is 2. The summed E-state index contributed by atoms with van der Waals surface area (Å²) in [7, 11) is -3.52. The van der Waals surface area contributed by atoms with E-state index in [1.54, 1.807) is 38.1 Å². The van der Waals surface area contributed by atoms with Crippen LogP contribution in [0.5, 0.6) is 11.5 Å². The van der Waals surface area contributed by atoms with Gasteiger partial charge in [-0.25, -0.2) is 13.4 Å². The number of aromatic nitrogens is 2. The van der Waals surface area contributed by atoms with Gasteiger partial charge >= 0.3 is 0 Å². The molecule has 0 saturated carbocycles. The highest BCUT2D eigenvalue weighted by atomic mass is 35.5. The molecule has 0 bridgehead atoms. The molecule has 2 aliphatic rings. The normalized spacial score (nSPS) is 15.7. The first-order valence-corrected chi connectivity index (χ1v) is 14.2. The molecule has 37 heavy (non-hydrogen) atoms. The van der Waals surface area contributed by atoms with Gasteiger partial charge in [0.15, 0.2) is 27.2 Å². The van der Waals surface area contributed by atoms with Crippen molar-refractivity contribution in [2.24, 2.45) is 0 Å². The lowest BCUT2D eigenvalue weighted by Gasteiger charge is -2.26. The molecule has 1 fully saturated rings. The zero-order valence-corrected chi connectivity index (χ0v) is 22.5. The molecule has 0 atom stereocenters. The number of hydrogen-bond donors (Lipinski definition) is 3. The molecule has 3 aromatic rings. The van der Waals surface area contributed by atoms with Crippen molar-refractivity contribution in [3.63, 3.8) is 0 Å². The Bertz CT molecular complexity index is 1420. The first kappa shape index (κ1) is 25.6. The van der Waals surface area contributed by atoms with Crippen LogP contribution in [0.15, 0.2) is 41.4 Å². The van der Waals surface area contributed by atoms with Crippen molar-refractivity contribution in [2.45, 2.75) is 49.7 Å². The van der Waals surface area contributed by atoms with Crippen molar-refractivity contribution < 1.29 is 17.9 Å². The highest BCUT2D eigenvalue weighted by molar-refractivity contribution is 7.92. The van der Waals surface area contributed by atoms with Crippen molar-refractivity contribution in [3.8, 4) is 11.5 Å². The van der Waals surface area contributed by atoms with E-state index in [1.165, 1.54) is 11.8 Å². The second kappa shape index (κ2) is 10.4. The molecule has 5 rings (SSSR count). The summed E-state index contributed by atoms with van der Waals surface area (Å²) in [5.41, 5.74) is 3.39. The van der Waals surface area contributed by atoms with Gasteiger partial charge in [-0.2, -0.15) is 4.98 Å². The maximum Gasteiger partial charge on any atom is 0.231 e. The number of piperidine rings is 1. The third-order valence-electron chi connectivity index (χ3n) is 6.69. The van der Waals surface area contributed by atoms with Crippen LogP contribution in [0.2, 0.25) is 5.02 Å². The highest BCUT2D eigenvalue weighted by Gasteiger charge is 2.30. The van der Waals surface area contributed by atoms with Gasteiger partial charge in [-0.15, -0.1) is 0 Å². The number of para-hydroxylation sites is 1. The number of aryl methyl sites for hydroxylation is 1. The van der Waals surface area contributed by atoms with Crippen molar-refractivity contribution in [2.75, 3.05) is 30.5 Å². The van der Waals surface area contributed by atoms with E-state index in [1.807, 2.05) is 6.07 Å². The van der Waals surface area contributed by atoms with Crippen LogP contribution in [-0.4, -0.2) is 43.5 Å². The van der Waals surface area contributed by atoms with Crippen LogP contribution in [-0.2, 0) is 9.84 Å². The van der Waals surface area contributed by atoms with Gasteiger partial charge in [-0.05, 0) is 76.4 Å². The molecule has 9 nitrogen and oxygen atoms in total. The molecule has 11 heteroatoms. The average Bonchev–Trinajstić information content (AvgIpc) is 3.37. The van der Waals surface area contributed by atoms with Gasteiger partial charge in [0, 0.05) is 5.56 Å². The van der Waals surface area contributed by atoms with E-state index in [2.05, 4.69) is 32.8 Å². The molecule has 0 amide bonds. The number of rotatable bonds is 7. The largest absolute Gasteiger partial charge is 0.453 e. The summed E-state index contributed by atoms with van der Waals surface area (Å²) in [6, 6.07) is 8.72. The van der Waals surface area contributed by atoms with Crippen LogP contribution in [0, 0.1) is 6.92 Å². The molecule has 0 spiro atoms. The van der Waals surface area contributed by atoms with Crippen LogP contribution in [0.4, 0.5) is 23.1 Å². The molecular formula is C26H30ClN5O4S. The Hall–Kier alpha value is -3.08. The zero-order valence-electron chi connectivity index (χ0n) is 21.0. The number of halogens is 1. The quantitative estimate of drug-likeness (QED) is 0.365. The maximum absolute atomic E-state index is 12.9. The molecule has 1 aromatic heterocycles. The summed E-state index contributed by atoms with van der Waals surface area (Å²) in [5.74, 6) is 2.39. The number of benzene rings is 2. The third kappa shape index (κ3) is 5.05. The molecule has 0 unspecified atom stereocenters. The number of nitrogens with one attached hydrogen (secondary N) is 3. The Morgan fingerprint density at radius 2 is 1.81 bits per heavy atom. The minimum Gasteiger partial charge on any atom is -0.453 e. The van der Waals surface area contributed by atoms with E-state index in [9.17, 15) is 8.42 Å². The monoisotopic (exact) mass is 543 g/mol. The van der Waals surface area contributed by atoms with Gasteiger partial charge in [-0.3, -0.25) is 0 Å².